The molecule has 84 valence electrons. The van der Waals surface area contributed by atoms with E-state index in [1.807, 2.05) is 0 Å². The summed E-state index contributed by atoms with van der Waals surface area (Å²) in [4.78, 5) is 0. The molecule has 0 radical (unpaired) electrons. The second-order valence-electron chi connectivity index (χ2n) is 2.82. The number of alkyl halides is 2. The number of para-hydroxylation sites is 1. The summed E-state index contributed by atoms with van der Waals surface area (Å²) >= 11 is 0. The summed E-state index contributed by atoms with van der Waals surface area (Å²) < 4.78 is 33.4. The van der Waals surface area contributed by atoms with E-state index in [0.717, 1.165) is 0 Å². The number of anilines is 1. The van der Waals surface area contributed by atoms with Crippen LogP contribution in [0.25, 0.3) is 11.5 Å². The van der Waals surface area contributed by atoms with Crippen LogP contribution in [0.4, 0.5) is 14.8 Å². The number of nitrogens with zero attached hydrogens (tertiary/aromatic N) is 2. The number of aromatic nitrogens is 2. The minimum Gasteiger partial charge on any atom is -0.434 e. The summed E-state index contributed by atoms with van der Waals surface area (Å²) in [7, 11) is 0. The Kier molecular flexibility index (Phi) is 2.67. The van der Waals surface area contributed by atoms with Crippen molar-refractivity contribution in [3.8, 4) is 17.2 Å². The van der Waals surface area contributed by atoms with Crippen molar-refractivity contribution >= 4 is 6.01 Å². The number of hydrogen-bond donors (Lipinski definition) is 1. The van der Waals surface area contributed by atoms with Crippen LogP contribution in [-0.4, -0.2) is 16.8 Å². The number of hydrogen-bond acceptors (Lipinski definition) is 5. The second-order valence-corrected chi connectivity index (χ2v) is 2.82. The third kappa shape index (κ3) is 2.08. The van der Waals surface area contributed by atoms with E-state index < -0.39 is 6.61 Å². The van der Waals surface area contributed by atoms with E-state index in [-0.39, 0.29) is 23.2 Å². The molecule has 7 heteroatoms. The molecular weight excluding hydrogens is 220 g/mol. The van der Waals surface area contributed by atoms with Crippen molar-refractivity contribution < 1.29 is 17.9 Å². The summed E-state index contributed by atoms with van der Waals surface area (Å²) in [6.45, 7) is -2.92. The number of nitrogens with two attached hydrogens (primary N) is 1. The molecule has 1 heterocycles. The van der Waals surface area contributed by atoms with Gasteiger partial charge in [0.15, 0.2) is 0 Å². The van der Waals surface area contributed by atoms with Gasteiger partial charge in [-0.05, 0) is 12.1 Å². The lowest BCUT2D eigenvalue weighted by atomic mass is 10.2. The van der Waals surface area contributed by atoms with Crippen LogP contribution in [0.1, 0.15) is 0 Å². The molecule has 0 saturated carbocycles. The first-order chi connectivity index (χ1) is 7.66. The van der Waals surface area contributed by atoms with Crippen LogP contribution in [0.15, 0.2) is 28.7 Å². The van der Waals surface area contributed by atoms with Gasteiger partial charge in [0, 0.05) is 0 Å². The van der Waals surface area contributed by atoms with Crippen LogP contribution in [0.3, 0.4) is 0 Å². The van der Waals surface area contributed by atoms with Crippen molar-refractivity contribution in [3.63, 3.8) is 0 Å². The Labute approximate surface area is 88.8 Å². The van der Waals surface area contributed by atoms with E-state index in [2.05, 4.69) is 14.9 Å². The molecule has 1 aromatic carbocycles. The van der Waals surface area contributed by atoms with Gasteiger partial charge in [-0.15, -0.1) is 5.10 Å². The van der Waals surface area contributed by atoms with Crippen LogP contribution in [0, 0.1) is 0 Å². The molecule has 0 aliphatic rings. The predicted octanol–water partition coefficient (Wildman–Crippen LogP) is 1.92. The molecular formula is C9H7F2N3O2. The zero-order valence-corrected chi connectivity index (χ0v) is 7.93. The van der Waals surface area contributed by atoms with Gasteiger partial charge in [-0.2, -0.15) is 8.78 Å². The lowest BCUT2D eigenvalue weighted by Gasteiger charge is -2.06. The van der Waals surface area contributed by atoms with Crippen LogP contribution in [0.2, 0.25) is 0 Å². The molecule has 5 nitrogen and oxygen atoms in total. The predicted molar refractivity (Wildman–Crippen MR) is 50.8 cm³/mol. The van der Waals surface area contributed by atoms with Gasteiger partial charge in [0.1, 0.15) is 5.75 Å². The van der Waals surface area contributed by atoms with Gasteiger partial charge in [-0.25, -0.2) is 0 Å². The van der Waals surface area contributed by atoms with E-state index in [1.54, 1.807) is 12.1 Å². The fourth-order valence-electron chi connectivity index (χ4n) is 1.19. The fraction of sp³-hybridized carbons (Fsp3) is 0.111. The maximum Gasteiger partial charge on any atom is 0.387 e. The fourth-order valence-corrected chi connectivity index (χ4v) is 1.19. The second kappa shape index (κ2) is 4.13. The topological polar surface area (TPSA) is 74.2 Å². The lowest BCUT2D eigenvalue weighted by molar-refractivity contribution is -0.0495. The van der Waals surface area contributed by atoms with Gasteiger partial charge in [-0.1, -0.05) is 17.2 Å². The third-order valence-electron chi connectivity index (χ3n) is 1.77. The van der Waals surface area contributed by atoms with Crippen LogP contribution in [0.5, 0.6) is 5.75 Å². The van der Waals surface area contributed by atoms with Crippen LogP contribution in [-0.2, 0) is 0 Å². The van der Waals surface area contributed by atoms with Crippen LogP contribution >= 0.6 is 0 Å². The first-order valence-electron chi connectivity index (χ1n) is 4.30. The minimum atomic E-state index is -2.92. The van der Waals surface area contributed by atoms with Crippen molar-refractivity contribution in [2.45, 2.75) is 6.61 Å². The summed E-state index contributed by atoms with van der Waals surface area (Å²) in [6, 6.07) is 5.95. The minimum absolute atomic E-state index is 0.0359. The number of benzene rings is 1. The Morgan fingerprint density at radius 3 is 2.62 bits per heavy atom. The summed E-state index contributed by atoms with van der Waals surface area (Å²) in [5, 5.41) is 7.02. The number of rotatable bonds is 3. The molecule has 0 aliphatic carbocycles. The SMILES string of the molecule is Nc1nnc(-c2ccccc2OC(F)F)o1. The first-order valence-corrected chi connectivity index (χ1v) is 4.30. The molecule has 1 aromatic heterocycles. The highest BCUT2D eigenvalue weighted by atomic mass is 19.3. The standard InChI is InChI=1S/C9H7F2N3O2/c10-8(11)15-6-4-2-1-3-5(6)7-13-14-9(12)16-7/h1-4,8H,(H2,12,14). The normalized spacial score (nSPS) is 10.7. The molecule has 0 aliphatic heterocycles. The smallest absolute Gasteiger partial charge is 0.387 e. The van der Waals surface area contributed by atoms with Gasteiger partial charge < -0.3 is 14.9 Å². The summed E-state index contributed by atoms with van der Waals surface area (Å²) in [6.07, 6.45) is 0. The molecule has 16 heavy (non-hydrogen) atoms. The van der Waals surface area contributed by atoms with Crippen molar-refractivity contribution in [1.82, 2.24) is 10.2 Å². The largest absolute Gasteiger partial charge is 0.434 e. The van der Waals surface area contributed by atoms with Crippen molar-refractivity contribution in [1.29, 1.82) is 0 Å². The molecule has 0 amide bonds. The van der Waals surface area contributed by atoms with Crippen LogP contribution < -0.4 is 10.5 Å². The molecule has 0 saturated heterocycles. The number of halogens is 2. The molecule has 2 rings (SSSR count). The molecule has 2 aromatic rings. The van der Waals surface area contributed by atoms with Crippen molar-refractivity contribution in [3.05, 3.63) is 24.3 Å². The van der Waals surface area contributed by atoms with Gasteiger partial charge in [-0.3, -0.25) is 0 Å². The Balaban J connectivity index is 2.40. The van der Waals surface area contributed by atoms with Crippen molar-refractivity contribution in [2.24, 2.45) is 0 Å². The van der Waals surface area contributed by atoms with E-state index in [1.165, 1.54) is 12.1 Å². The first kappa shape index (κ1) is 10.3. The molecule has 0 spiro atoms. The van der Waals surface area contributed by atoms with Gasteiger partial charge >= 0.3 is 12.6 Å². The molecule has 2 N–H and O–H groups in total. The monoisotopic (exact) mass is 227 g/mol. The maximum atomic E-state index is 12.1. The zero-order valence-electron chi connectivity index (χ0n) is 7.93. The van der Waals surface area contributed by atoms with Crippen molar-refractivity contribution in [2.75, 3.05) is 5.73 Å². The highest BCUT2D eigenvalue weighted by Crippen LogP contribution is 2.30. The Bertz CT molecular complexity index is 487. The Morgan fingerprint density at radius 2 is 2.00 bits per heavy atom. The summed E-state index contributed by atoms with van der Waals surface area (Å²) in [5.41, 5.74) is 5.51. The molecule has 0 unspecified atom stereocenters. The summed E-state index contributed by atoms with van der Waals surface area (Å²) in [5.74, 6) is -0.00472. The average molecular weight is 227 g/mol. The number of ether oxygens (including phenoxy) is 1. The van der Waals surface area contributed by atoms with Gasteiger partial charge in [0.25, 0.3) is 5.89 Å². The Morgan fingerprint density at radius 1 is 1.25 bits per heavy atom. The Hall–Kier alpha value is -2.18. The third-order valence-corrected chi connectivity index (χ3v) is 1.77. The quantitative estimate of drug-likeness (QED) is 0.866. The highest BCUT2D eigenvalue weighted by molar-refractivity contribution is 5.62. The number of nitrogen functional groups attached to an aromatic ring is 1. The lowest BCUT2D eigenvalue weighted by Crippen LogP contribution is -2.03. The van der Waals surface area contributed by atoms with E-state index in [4.69, 9.17) is 10.2 Å². The molecule has 0 bridgehead atoms. The van der Waals surface area contributed by atoms with Gasteiger partial charge in [0.05, 0.1) is 5.56 Å². The maximum absolute atomic E-state index is 12.1. The molecule has 0 fully saturated rings. The van der Waals surface area contributed by atoms with E-state index in [0.29, 0.717) is 0 Å². The molecule has 0 atom stereocenters. The van der Waals surface area contributed by atoms with Gasteiger partial charge in [0.2, 0.25) is 0 Å². The highest BCUT2D eigenvalue weighted by Gasteiger charge is 2.14. The zero-order chi connectivity index (χ0) is 11.5. The van der Waals surface area contributed by atoms with E-state index >= 15 is 0 Å². The van der Waals surface area contributed by atoms with E-state index in [9.17, 15) is 8.78 Å². The average Bonchev–Trinajstić information content (AvgIpc) is 2.65.